The monoisotopic (exact) mass is 351 g/mol. The zero-order valence-electron chi connectivity index (χ0n) is 14.9. The van der Waals surface area contributed by atoms with E-state index >= 15 is 0 Å². The van der Waals surface area contributed by atoms with Crippen LogP contribution in [0.15, 0.2) is 41.3 Å². The number of carbonyl (C=O) groups is 1. The summed E-state index contributed by atoms with van der Waals surface area (Å²) in [6.45, 7) is 7.10. The van der Waals surface area contributed by atoms with Gasteiger partial charge in [0.2, 0.25) is 0 Å². The highest BCUT2D eigenvalue weighted by Gasteiger charge is 2.25. The van der Waals surface area contributed by atoms with Gasteiger partial charge in [-0.2, -0.15) is 5.10 Å². The molecule has 7 nitrogen and oxygen atoms in total. The van der Waals surface area contributed by atoms with Gasteiger partial charge in [-0.3, -0.25) is 4.79 Å². The molecule has 0 spiro atoms. The average Bonchev–Trinajstić information content (AvgIpc) is 3.05. The van der Waals surface area contributed by atoms with Crippen molar-refractivity contribution in [3.8, 4) is 0 Å². The van der Waals surface area contributed by atoms with E-state index in [1.807, 2.05) is 4.90 Å². The third kappa shape index (κ3) is 2.65. The van der Waals surface area contributed by atoms with Crippen molar-refractivity contribution in [3.63, 3.8) is 0 Å². The average molecular weight is 351 g/mol. The summed E-state index contributed by atoms with van der Waals surface area (Å²) in [5.41, 5.74) is 4.28. The summed E-state index contributed by atoms with van der Waals surface area (Å²) < 4.78 is 1.36. The topological polar surface area (TPSA) is 73.7 Å². The van der Waals surface area contributed by atoms with E-state index in [2.05, 4.69) is 47.1 Å². The lowest BCUT2D eigenvalue weighted by Gasteiger charge is -2.37. The molecule has 1 fully saturated rings. The number of hydrogen-bond donors (Lipinski definition) is 1. The summed E-state index contributed by atoms with van der Waals surface area (Å²) >= 11 is 0. The molecule has 1 saturated heterocycles. The Hall–Kier alpha value is -3.09. The second-order valence-corrected chi connectivity index (χ2v) is 6.64. The number of aryl methyl sites for hydroxylation is 1. The van der Waals surface area contributed by atoms with Gasteiger partial charge in [0.25, 0.3) is 5.91 Å². The molecule has 1 amide bonds. The van der Waals surface area contributed by atoms with Crippen LogP contribution in [-0.2, 0) is 0 Å². The van der Waals surface area contributed by atoms with Crippen LogP contribution in [0.4, 0.5) is 5.69 Å². The number of rotatable bonds is 2. The van der Waals surface area contributed by atoms with E-state index in [0.29, 0.717) is 24.3 Å². The zero-order valence-corrected chi connectivity index (χ0v) is 14.9. The first-order chi connectivity index (χ1) is 12.6. The van der Waals surface area contributed by atoms with Gasteiger partial charge in [-0.15, -0.1) is 0 Å². The molecule has 1 aliphatic heterocycles. The minimum atomic E-state index is -0.339. The van der Waals surface area contributed by atoms with Crippen LogP contribution in [0.1, 0.15) is 21.5 Å². The first kappa shape index (κ1) is 16.4. The summed E-state index contributed by atoms with van der Waals surface area (Å²) in [7, 11) is 0. The van der Waals surface area contributed by atoms with Gasteiger partial charge < -0.3 is 9.80 Å². The molecule has 0 atom stereocenters. The zero-order chi connectivity index (χ0) is 18.3. The van der Waals surface area contributed by atoms with Crippen molar-refractivity contribution in [3.05, 3.63) is 63.7 Å². The van der Waals surface area contributed by atoms with Gasteiger partial charge in [-0.25, -0.2) is 14.3 Å². The second-order valence-electron chi connectivity index (χ2n) is 6.64. The Morgan fingerprint density at radius 1 is 1.08 bits per heavy atom. The van der Waals surface area contributed by atoms with E-state index in [0.717, 1.165) is 13.1 Å². The molecule has 0 saturated carbocycles. The first-order valence-corrected chi connectivity index (χ1v) is 8.72. The molecule has 3 aromatic rings. The number of benzene rings is 1. The molecule has 0 aliphatic carbocycles. The molecular weight excluding hydrogens is 330 g/mol. The smallest absolute Gasteiger partial charge is 0.347 e. The molecule has 7 heteroatoms. The summed E-state index contributed by atoms with van der Waals surface area (Å²) in [6.07, 6.45) is 1.61. The number of piperazine rings is 1. The molecule has 1 N–H and O–H groups in total. The fourth-order valence-electron chi connectivity index (χ4n) is 3.50. The van der Waals surface area contributed by atoms with E-state index in [4.69, 9.17) is 0 Å². The SMILES string of the molecule is Cc1cccc(N2CCN(C(=O)c3cccn4c(=O)[nH]nc34)CC2)c1C. The van der Waals surface area contributed by atoms with Crippen molar-refractivity contribution in [2.75, 3.05) is 31.1 Å². The number of pyridine rings is 1. The fraction of sp³-hybridized carbons (Fsp3) is 0.316. The third-order valence-electron chi connectivity index (χ3n) is 5.16. The molecule has 2 aromatic heterocycles. The van der Waals surface area contributed by atoms with Crippen molar-refractivity contribution in [1.82, 2.24) is 19.5 Å². The predicted octanol–water partition coefficient (Wildman–Crippen LogP) is 1.60. The summed E-state index contributed by atoms with van der Waals surface area (Å²) in [6, 6.07) is 9.74. The van der Waals surface area contributed by atoms with E-state index in [1.54, 1.807) is 18.3 Å². The number of anilines is 1. The molecule has 3 heterocycles. The third-order valence-corrected chi connectivity index (χ3v) is 5.16. The number of carbonyl (C=O) groups excluding carboxylic acids is 1. The normalized spacial score (nSPS) is 14.8. The van der Waals surface area contributed by atoms with Gasteiger partial charge in [0.15, 0.2) is 5.65 Å². The maximum absolute atomic E-state index is 12.9. The number of hydrogen-bond acceptors (Lipinski definition) is 4. The molecular formula is C19H21N5O2. The maximum Gasteiger partial charge on any atom is 0.347 e. The van der Waals surface area contributed by atoms with Crippen LogP contribution in [0.25, 0.3) is 5.65 Å². The molecule has 26 heavy (non-hydrogen) atoms. The molecule has 134 valence electrons. The van der Waals surface area contributed by atoms with Crippen molar-refractivity contribution >= 4 is 17.2 Å². The molecule has 0 bridgehead atoms. The number of fused-ring (bicyclic) bond motifs is 1. The molecule has 0 radical (unpaired) electrons. The van der Waals surface area contributed by atoms with Crippen LogP contribution in [0.5, 0.6) is 0 Å². The largest absolute Gasteiger partial charge is 0.368 e. The Balaban J connectivity index is 1.53. The fourth-order valence-corrected chi connectivity index (χ4v) is 3.50. The first-order valence-electron chi connectivity index (χ1n) is 8.72. The lowest BCUT2D eigenvalue weighted by atomic mass is 10.1. The Morgan fingerprint density at radius 2 is 1.85 bits per heavy atom. The minimum absolute atomic E-state index is 0.0878. The highest BCUT2D eigenvalue weighted by Crippen LogP contribution is 2.24. The lowest BCUT2D eigenvalue weighted by molar-refractivity contribution is 0.0748. The number of aromatic amines is 1. The molecule has 1 aromatic carbocycles. The van der Waals surface area contributed by atoms with Gasteiger partial charge in [-0.1, -0.05) is 12.1 Å². The minimum Gasteiger partial charge on any atom is -0.368 e. The number of nitrogens with one attached hydrogen (secondary N) is 1. The van der Waals surface area contributed by atoms with Gasteiger partial charge in [0.1, 0.15) is 0 Å². The van der Waals surface area contributed by atoms with Crippen molar-refractivity contribution in [2.45, 2.75) is 13.8 Å². The van der Waals surface area contributed by atoms with Crippen LogP contribution in [-0.4, -0.2) is 51.6 Å². The summed E-state index contributed by atoms with van der Waals surface area (Å²) in [5, 5.41) is 6.38. The Morgan fingerprint density at radius 3 is 2.62 bits per heavy atom. The van der Waals surface area contributed by atoms with Gasteiger partial charge in [-0.05, 0) is 43.2 Å². The number of aromatic nitrogens is 3. The van der Waals surface area contributed by atoms with Crippen LogP contribution >= 0.6 is 0 Å². The standard InChI is InChI=1S/C19H21N5O2/c1-13-5-3-7-16(14(13)2)22-9-11-23(12-10-22)18(25)15-6-4-8-24-17(15)20-21-19(24)26/h3-8H,9-12H2,1-2H3,(H,21,26). The maximum atomic E-state index is 12.9. The van der Waals surface area contributed by atoms with Crippen molar-refractivity contribution in [1.29, 1.82) is 0 Å². The summed E-state index contributed by atoms with van der Waals surface area (Å²) in [5.74, 6) is -0.0878. The second kappa shape index (κ2) is 6.33. The number of nitrogens with zero attached hydrogens (tertiary/aromatic N) is 4. The van der Waals surface area contributed by atoms with Crippen LogP contribution < -0.4 is 10.6 Å². The van der Waals surface area contributed by atoms with E-state index in [9.17, 15) is 9.59 Å². The van der Waals surface area contributed by atoms with Gasteiger partial charge >= 0.3 is 5.69 Å². The van der Waals surface area contributed by atoms with Crippen molar-refractivity contribution < 1.29 is 4.79 Å². The van der Waals surface area contributed by atoms with Gasteiger partial charge in [0.05, 0.1) is 5.56 Å². The number of H-pyrrole nitrogens is 1. The van der Waals surface area contributed by atoms with Gasteiger partial charge in [0, 0.05) is 38.1 Å². The molecule has 0 unspecified atom stereocenters. The van der Waals surface area contributed by atoms with E-state index in [1.165, 1.54) is 21.2 Å². The van der Waals surface area contributed by atoms with Crippen LogP contribution in [0.3, 0.4) is 0 Å². The van der Waals surface area contributed by atoms with Crippen LogP contribution in [0, 0.1) is 13.8 Å². The Bertz CT molecular complexity index is 1030. The van der Waals surface area contributed by atoms with E-state index < -0.39 is 0 Å². The number of amides is 1. The Kier molecular flexibility index (Phi) is 3.99. The highest BCUT2D eigenvalue weighted by atomic mass is 16.2. The van der Waals surface area contributed by atoms with Crippen molar-refractivity contribution in [2.24, 2.45) is 0 Å². The van der Waals surface area contributed by atoms with E-state index in [-0.39, 0.29) is 11.6 Å². The molecule has 1 aliphatic rings. The predicted molar refractivity (Wildman–Crippen MR) is 99.8 cm³/mol. The summed E-state index contributed by atoms with van der Waals surface area (Å²) in [4.78, 5) is 28.8. The quantitative estimate of drug-likeness (QED) is 0.761. The highest BCUT2D eigenvalue weighted by molar-refractivity contribution is 5.99. The molecule has 4 rings (SSSR count). The van der Waals surface area contributed by atoms with Crippen LogP contribution in [0.2, 0.25) is 0 Å². The Labute approximate surface area is 150 Å². The lowest BCUT2D eigenvalue weighted by Crippen LogP contribution is -2.49.